The molecule has 0 radical (unpaired) electrons. The van der Waals surface area contributed by atoms with E-state index in [-0.39, 0.29) is 5.41 Å². The fraction of sp³-hybridized carbons (Fsp3) is 0.0847. The highest BCUT2D eigenvalue weighted by molar-refractivity contribution is 6.26. The lowest BCUT2D eigenvalue weighted by atomic mass is 9.78. The third-order valence-electron chi connectivity index (χ3n) is 14.1. The van der Waals surface area contributed by atoms with Crippen LogP contribution in [0.4, 0.5) is 0 Å². The summed E-state index contributed by atoms with van der Waals surface area (Å²) in [6, 6.07) is 62.4. The Balaban J connectivity index is 0.920. The quantitative estimate of drug-likeness (QED) is 0.157. The maximum Gasteiger partial charge on any atom is 0.0159 e. The van der Waals surface area contributed by atoms with Crippen molar-refractivity contribution in [2.45, 2.75) is 32.1 Å². The molecule has 0 nitrogen and oxygen atoms in total. The van der Waals surface area contributed by atoms with E-state index in [9.17, 15) is 0 Å². The lowest BCUT2D eigenvalue weighted by Gasteiger charge is -2.25. The van der Waals surface area contributed by atoms with Crippen molar-refractivity contribution in [1.82, 2.24) is 0 Å². The maximum atomic E-state index is 2.49. The molecular formula is C59H40. The van der Waals surface area contributed by atoms with Gasteiger partial charge < -0.3 is 0 Å². The molecule has 0 aliphatic heterocycles. The molecule has 10 aromatic rings. The van der Waals surface area contributed by atoms with Crippen molar-refractivity contribution in [3.63, 3.8) is 0 Å². The first-order valence-electron chi connectivity index (χ1n) is 21.1. The summed E-state index contributed by atoms with van der Waals surface area (Å²) in [6.45, 7) is 4.83. The molecule has 13 rings (SSSR count). The van der Waals surface area contributed by atoms with Gasteiger partial charge in [0.2, 0.25) is 0 Å². The van der Waals surface area contributed by atoms with E-state index in [1.54, 1.807) is 0 Å². The van der Waals surface area contributed by atoms with E-state index >= 15 is 0 Å². The van der Waals surface area contributed by atoms with Crippen molar-refractivity contribution in [3.05, 3.63) is 204 Å². The van der Waals surface area contributed by atoms with Crippen LogP contribution in [0.15, 0.2) is 176 Å². The summed E-state index contributed by atoms with van der Waals surface area (Å²) < 4.78 is 0. The normalized spacial score (nSPS) is 14.6. The molecule has 0 spiro atoms. The second kappa shape index (κ2) is 12.0. The van der Waals surface area contributed by atoms with Crippen molar-refractivity contribution in [3.8, 4) is 55.6 Å². The molecule has 10 aromatic carbocycles. The number of rotatable bonds is 4. The zero-order valence-corrected chi connectivity index (χ0v) is 33.2. The number of allylic oxidation sites excluding steroid dienone is 3. The van der Waals surface area contributed by atoms with Gasteiger partial charge in [0.25, 0.3) is 0 Å². The lowest BCUT2D eigenvalue weighted by molar-refractivity contribution is 0.661. The standard InChI is InChI=1S/C59H40/c1-59(2)53-33-41(25-29-49(53)50-30-26-42(34-54(50)59)44-27-21-39-19-17-35-9-7-11-37-23-31-51(44)57(39)55(35)37)43-13-3-4-14-45(43)46-15-5-6-16-47(46)48-28-22-40-20-18-36-10-8-12-38-24-32-52(48)58(40)56(36)38/h3-8,10-18,20-34H,9,19H2,1-2H3. The fourth-order valence-corrected chi connectivity index (χ4v) is 11.2. The smallest absolute Gasteiger partial charge is 0.0159 e. The van der Waals surface area contributed by atoms with Gasteiger partial charge in [0.1, 0.15) is 0 Å². The lowest BCUT2D eigenvalue weighted by Crippen LogP contribution is -2.15. The summed E-state index contributed by atoms with van der Waals surface area (Å²) >= 11 is 0. The molecule has 0 aromatic heterocycles. The van der Waals surface area contributed by atoms with E-state index in [2.05, 4.69) is 196 Å². The van der Waals surface area contributed by atoms with Crippen LogP contribution in [0.25, 0.3) is 110 Å². The Labute approximate surface area is 344 Å². The summed E-state index contributed by atoms with van der Waals surface area (Å²) in [5.74, 6) is 0. The molecule has 0 unspecified atom stereocenters. The van der Waals surface area contributed by atoms with Gasteiger partial charge in [-0.15, -0.1) is 0 Å². The molecule has 0 saturated carbocycles. The first kappa shape index (κ1) is 33.0. The van der Waals surface area contributed by atoms with Crippen LogP contribution in [0.5, 0.6) is 0 Å². The molecule has 0 amide bonds. The van der Waals surface area contributed by atoms with Crippen LogP contribution in [0.2, 0.25) is 0 Å². The topological polar surface area (TPSA) is 0 Å². The van der Waals surface area contributed by atoms with Crippen LogP contribution in [-0.4, -0.2) is 0 Å². The molecule has 59 heavy (non-hydrogen) atoms. The molecule has 0 atom stereocenters. The van der Waals surface area contributed by atoms with Crippen LogP contribution in [-0.2, 0) is 11.8 Å². The summed E-state index contributed by atoms with van der Waals surface area (Å²) in [5.41, 5.74) is 21.2. The molecule has 0 saturated heterocycles. The van der Waals surface area contributed by atoms with Crippen molar-refractivity contribution >= 4 is 54.7 Å². The molecule has 0 heterocycles. The third-order valence-corrected chi connectivity index (χ3v) is 14.1. The summed E-state index contributed by atoms with van der Waals surface area (Å²) in [5, 5.41) is 10.7. The van der Waals surface area contributed by atoms with Crippen LogP contribution < -0.4 is 0 Å². The van der Waals surface area contributed by atoms with Gasteiger partial charge in [-0.1, -0.05) is 184 Å². The van der Waals surface area contributed by atoms with E-state index in [1.165, 1.54) is 132 Å². The Kier molecular flexibility index (Phi) is 6.72. The van der Waals surface area contributed by atoms with Crippen molar-refractivity contribution in [2.75, 3.05) is 0 Å². The zero-order chi connectivity index (χ0) is 39.0. The summed E-state index contributed by atoms with van der Waals surface area (Å²) in [6.07, 6.45) is 9.11. The molecular weight excluding hydrogens is 709 g/mol. The molecule has 0 bridgehead atoms. The minimum Gasteiger partial charge on any atom is -0.0795 e. The Morgan fingerprint density at radius 1 is 0.407 bits per heavy atom. The number of hydrogen-bond donors (Lipinski definition) is 0. The average molecular weight is 749 g/mol. The molecule has 3 aliphatic rings. The van der Waals surface area contributed by atoms with Crippen molar-refractivity contribution in [1.29, 1.82) is 0 Å². The van der Waals surface area contributed by atoms with Gasteiger partial charge in [0, 0.05) is 5.41 Å². The van der Waals surface area contributed by atoms with Gasteiger partial charge in [0.15, 0.2) is 0 Å². The average Bonchev–Trinajstić information content (AvgIpc) is 3.51. The molecule has 0 heteroatoms. The van der Waals surface area contributed by atoms with Gasteiger partial charge in [-0.05, 0) is 157 Å². The second-order valence-electron chi connectivity index (χ2n) is 17.5. The minimum absolute atomic E-state index is 0.160. The van der Waals surface area contributed by atoms with Gasteiger partial charge in [-0.3, -0.25) is 0 Å². The van der Waals surface area contributed by atoms with Crippen molar-refractivity contribution in [2.24, 2.45) is 0 Å². The third kappa shape index (κ3) is 4.60. The Bertz CT molecular complexity index is 3500. The second-order valence-corrected chi connectivity index (χ2v) is 17.5. The van der Waals surface area contributed by atoms with Gasteiger partial charge in [-0.25, -0.2) is 0 Å². The Hall–Kier alpha value is -7.02. The predicted molar refractivity (Wildman–Crippen MR) is 252 cm³/mol. The Morgan fingerprint density at radius 2 is 0.966 bits per heavy atom. The first-order chi connectivity index (χ1) is 29.0. The molecule has 276 valence electrons. The Morgan fingerprint density at radius 3 is 1.71 bits per heavy atom. The van der Waals surface area contributed by atoms with Gasteiger partial charge >= 0.3 is 0 Å². The molecule has 0 fully saturated rings. The van der Waals surface area contributed by atoms with Gasteiger partial charge in [0.05, 0.1) is 0 Å². The largest absolute Gasteiger partial charge is 0.0795 e. The zero-order valence-electron chi connectivity index (χ0n) is 33.2. The predicted octanol–water partition coefficient (Wildman–Crippen LogP) is 16.1. The van der Waals surface area contributed by atoms with E-state index in [4.69, 9.17) is 0 Å². The SMILES string of the molecule is CC1(C)c2cc(-c3ccccc3-c3ccccc3-c3ccc4ccc5cccc6ccc3c4c56)ccc2-c2ccc(-c3ccc4c5c6c(ccc35)C=CCC6=CC4)cc21. The first-order valence-corrected chi connectivity index (χ1v) is 21.1. The highest BCUT2D eigenvalue weighted by atomic mass is 14.4. The monoisotopic (exact) mass is 748 g/mol. The van der Waals surface area contributed by atoms with Crippen LogP contribution in [0.3, 0.4) is 0 Å². The molecule has 0 N–H and O–H groups in total. The van der Waals surface area contributed by atoms with E-state index in [0.29, 0.717) is 0 Å². The van der Waals surface area contributed by atoms with Crippen molar-refractivity contribution < 1.29 is 0 Å². The highest BCUT2D eigenvalue weighted by Gasteiger charge is 2.36. The highest BCUT2D eigenvalue weighted by Crippen LogP contribution is 2.52. The number of benzene rings is 10. The van der Waals surface area contributed by atoms with Crippen LogP contribution >= 0.6 is 0 Å². The van der Waals surface area contributed by atoms with Gasteiger partial charge in [-0.2, -0.15) is 0 Å². The fourth-order valence-electron chi connectivity index (χ4n) is 11.2. The number of fused-ring (bicyclic) bond motifs is 3. The minimum atomic E-state index is -0.160. The maximum absolute atomic E-state index is 2.49. The number of hydrogen-bond acceptors (Lipinski definition) is 0. The summed E-state index contributed by atoms with van der Waals surface area (Å²) in [7, 11) is 0. The summed E-state index contributed by atoms with van der Waals surface area (Å²) in [4.78, 5) is 0. The van der Waals surface area contributed by atoms with E-state index in [0.717, 1.165) is 12.8 Å². The molecule has 3 aliphatic carbocycles. The van der Waals surface area contributed by atoms with E-state index < -0.39 is 0 Å². The van der Waals surface area contributed by atoms with Crippen LogP contribution in [0.1, 0.15) is 48.1 Å². The van der Waals surface area contributed by atoms with Crippen LogP contribution in [0, 0.1) is 0 Å². The van der Waals surface area contributed by atoms with E-state index in [1.807, 2.05) is 0 Å².